The van der Waals surface area contributed by atoms with E-state index in [0.717, 1.165) is 0 Å². The van der Waals surface area contributed by atoms with Crippen LogP contribution < -0.4 is 11.1 Å². The Bertz CT molecular complexity index is 1190. The number of carbonyl (C=O) groups excluding carboxylic acids is 1. The number of amides is 1. The molecule has 28 heavy (non-hydrogen) atoms. The van der Waals surface area contributed by atoms with E-state index in [1.54, 1.807) is 23.8 Å². The number of fused-ring (bicyclic) bond motifs is 2. The van der Waals surface area contributed by atoms with Gasteiger partial charge >= 0.3 is 0 Å². The number of aromatic nitrogens is 3. The first-order valence-electron chi connectivity index (χ1n) is 8.70. The number of benzene rings is 2. The van der Waals surface area contributed by atoms with Gasteiger partial charge in [-0.2, -0.15) is 0 Å². The van der Waals surface area contributed by atoms with Gasteiger partial charge in [-0.15, -0.1) is 0 Å². The molecule has 8 heteroatoms. The van der Waals surface area contributed by atoms with Gasteiger partial charge in [0, 0.05) is 13.7 Å². The average Bonchev–Trinajstić information content (AvgIpc) is 2.97. The first-order valence-corrected chi connectivity index (χ1v) is 8.70. The van der Waals surface area contributed by atoms with Crippen LogP contribution in [0.15, 0.2) is 48.5 Å². The maximum atomic E-state index is 13.8. The van der Waals surface area contributed by atoms with E-state index >= 15 is 0 Å². The van der Waals surface area contributed by atoms with Gasteiger partial charge in [0.2, 0.25) is 0 Å². The molecular weight excluding hydrogens is 361 g/mol. The standard InChI is InChI=1S/C20H18FN5O2/c1-28-10-9-23-20(27)16-17-19(25-15-8-3-2-7-14(15)24-17)26(18(16)22)13-6-4-5-12(21)11-13/h2-8,11H,9-10,22H2,1H3,(H,23,27). The molecule has 0 bridgehead atoms. The van der Waals surface area contributed by atoms with E-state index in [1.807, 2.05) is 24.3 Å². The number of nitrogen functional groups attached to an aromatic ring is 1. The Morgan fingerprint density at radius 3 is 2.64 bits per heavy atom. The number of anilines is 1. The van der Waals surface area contributed by atoms with Crippen molar-refractivity contribution in [2.24, 2.45) is 0 Å². The first-order chi connectivity index (χ1) is 13.6. The molecule has 0 aliphatic heterocycles. The zero-order valence-electron chi connectivity index (χ0n) is 15.1. The highest BCUT2D eigenvalue weighted by atomic mass is 19.1. The van der Waals surface area contributed by atoms with Gasteiger partial charge in [0.05, 0.1) is 23.3 Å². The van der Waals surface area contributed by atoms with Crippen LogP contribution in [0, 0.1) is 5.82 Å². The van der Waals surface area contributed by atoms with Gasteiger partial charge in [0.25, 0.3) is 5.91 Å². The molecular formula is C20H18FN5O2. The number of methoxy groups -OCH3 is 1. The summed E-state index contributed by atoms with van der Waals surface area (Å²) in [4.78, 5) is 22.0. The molecule has 0 atom stereocenters. The highest BCUT2D eigenvalue weighted by Crippen LogP contribution is 2.31. The zero-order valence-corrected chi connectivity index (χ0v) is 15.1. The van der Waals surface area contributed by atoms with Crippen LogP contribution in [0.25, 0.3) is 27.9 Å². The number of ether oxygens (including phenoxy) is 1. The van der Waals surface area contributed by atoms with Crippen LogP contribution in [0.4, 0.5) is 10.2 Å². The van der Waals surface area contributed by atoms with E-state index in [0.29, 0.717) is 41.0 Å². The third-order valence-corrected chi connectivity index (χ3v) is 4.38. The molecule has 0 saturated carbocycles. The smallest absolute Gasteiger partial charge is 0.257 e. The van der Waals surface area contributed by atoms with Crippen LogP contribution in [0.1, 0.15) is 10.4 Å². The minimum absolute atomic E-state index is 0.144. The molecule has 1 amide bonds. The lowest BCUT2D eigenvalue weighted by Gasteiger charge is -2.08. The summed E-state index contributed by atoms with van der Waals surface area (Å²) in [5, 5.41) is 2.76. The molecule has 0 fully saturated rings. The summed E-state index contributed by atoms with van der Waals surface area (Å²) < 4.78 is 20.3. The lowest BCUT2D eigenvalue weighted by molar-refractivity contribution is 0.0939. The highest BCUT2D eigenvalue weighted by Gasteiger charge is 2.24. The van der Waals surface area contributed by atoms with E-state index in [4.69, 9.17) is 10.5 Å². The maximum Gasteiger partial charge on any atom is 0.257 e. The summed E-state index contributed by atoms with van der Waals surface area (Å²) in [6.07, 6.45) is 0. The van der Waals surface area contributed by atoms with Gasteiger partial charge in [0.1, 0.15) is 22.7 Å². The molecule has 7 nitrogen and oxygen atoms in total. The van der Waals surface area contributed by atoms with Crippen LogP contribution in [0.5, 0.6) is 0 Å². The number of para-hydroxylation sites is 2. The SMILES string of the molecule is COCCNC(=O)c1c(N)n(-c2cccc(F)c2)c2nc3ccccc3nc12. The van der Waals surface area contributed by atoms with Gasteiger partial charge in [-0.1, -0.05) is 18.2 Å². The number of hydrogen-bond donors (Lipinski definition) is 2. The second-order valence-electron chi connectivity index (χ2n) is 6.21. The molecule has 0 radical (unpaired) electrons. The number of nitrogens with zero attached hydrogens (tertiary/aromatic N) is 3. The predicted octanol–water partition coefficient (Wildman–Crippen LogP) is 2.67. The summed E-state index contributed by atoms with van der Waals surface area (Å²) in [5.41, 5.74) is 9.03. The molecule has 0 spiro atoms. The molecule has 0 aliphatic rings. The van der Waals surface area contributed by atoms with Gasteiger partial charge in [-0.25, -0.2) is 14.4 Å². The monoisotopic (exact) mass is 379 g/mol. The van der Waals surface area contributed by atoms with Gasteiger partial charge in [-0.3, -0.25) is 9.36 Å². The van der Waals surface area contributed by atoms with E-state index in [2.05, 4.69) is 15.3 Å². The molecule has 4 rings (SSSR count). The molecule has 2 aromatic carbocycles. The third kappa shape index (κ3) is 3.03. The Balaban J connectivity index is 1.98. The minimum Gasteiger partial charge on any atom is -0.384 e. The summed E-state index contributed by atoms with van der Waals surface area (Å²) in [5.74, 6) is -0.663. The van der Waals surface area contributed by atoms with E-state index in [-0.39, 0.29) is 17.3 Å². The number of nitrogens with one attached hydrogen (secondary N) is 1. The highest BCUT2D eigenvalue weighted by molar-refractivity contribution is 6.11. The molecule has 0 saturated heterocycles. The second kappa shape index (κ2) is 7.24. The van der Waals surface area contributed by atoms with Crippen molar-refractivity contribution in [1.29, 1.82) is 0 Å². The van der Waals surface area contributed by atoms with Crippen LogP contribution in [0.2, 0.25) is 0 Å². The average molecular weight is 379 g/mol. The Morgan fingerprint density at radius 2 is 1.93 bits per heavy atom. The molecule has 3 N–H and O–H groups in total. The quantitative estimate of drug-likeness (QED) is 0.520. The van der Waals surface area contributed by atoms with Crippen LogP contribution in [-0.4, -0.2) is 40.7 Å². The number of hydrogen-bond acceptors (Lipinski definition) is 5. The molecule has 2 heterocycles. The third-order valence-electron chi connectivity index (χ3n) is 4.38. The second-order valence-corrected chi connectivity index (χ2v) is 6.21. The summed E-state index contributed by atoms with van der Waals surface area (Å²) in [7, 11) is 1.55. The number of rotatable bonds is 5. The van der Waals surface area contributed by atoms with Crippen molar-refractivity contribution in [1.82, 2.24) is 19.9 Å². The van der Waals surface area contributed by atoms with Crippen molar-refractivity contribution in [3.8, 4) is 5.69 Å². The van der Waals surface area contributed by atoms with Crippen LogP contribution in [0.3, 0.4) is 0 Å². The lowest BCUT2D eigenvalue weighted by Crippen LogP contribution is -2.27. The van der Waals surface area contributed by atoms with Crippen molar-refractivity contribution in [2.75, 3.05) is 26.0 Å². The van der Waals surface area contributed by atoms with Gasteiger partial charge in [0.15, 0.2) is 5.65 Å². The van der Waals surface area contributed by atoms with Crippen LogP contribution >= 0.6 is 0 Å². The maximum absolute atomic E-state index is 13.8. The molecule has 4 aromatic rings. The Kier molecular flexibility index (Phi) is 4.62. The van der Waals surface area contributed by atoms with Crippen molar-refractivity contribution >= 4 is 33.9 Å². The number of nitrogens with two attached hydrogens (primary N) is 1. The zero-order chi connectivity index (χ0) is 19.7. The topological polar surface area (TPSA) is 95.1 Å². The fourth-order valence-electron chi connectivity index (χ4n) is 3.12. The minimum atomic E-state index is -0.418. The van der Waals surface area contributed by atoms with Crippen LogP contribution in [-0.2, 0) is 4.74 Å². The molecule has 0 aliphatic carbocycles. The Morgan fingerprint density at radius 1 is 1.18 bits per heavy atom. The summed E-state index contributed by atoms with van der Waals surface area (Å²) >= 11 is 0. The molecule has 2 aromatic heterocycles. The normalized spacial score (nSPS) is 11.2. The summed E-state index contributed by atoms with van der Waals surface area (Å²) in [6.45, 7) is 0.686. The number of carbonyl (C=O) groups is 1. The Hall–Kier alpha value is -3.52. The van der Waals surface area contributed by atoms with E-state index in [9.17, 15) is 9.18 Å². The molecule has 0 unspecified atom stereocenters. The summed E-state index contributed by atoms with van der Waals surface area (Å²) in [6, 6.07) is 13.3. The van der Waals surface area contributed by atoms with E-state index < -0.39 is 5.82 Å². The van der Waals surface area contributed by atoms with Crippen molar-refractivity contribution in [3.05, 3.63) is 59.9 Å². The first kappa shape index (κ1) is 17.9. The Labute approximate surface area is 160 Å². The van der Waals surface area contributed by atoms with E-state index in [1.165, 1.54) is 12.1 Å². The van der Waals surface area contributed by atoms with Crippen molar-refractivity contribution < 1.29 is 13.9 Å². The van der Waals surface area contributed by atoms with Crippen molar-refractivity contribution in [2.45, 2.75) is 0 Å². The fourth-order valence-corrected chi connectivity index (χ4v) is 3.12. The van der Waals surface area contributed by atoms with Crippen molar-refractivity contribution in [3.63, 3.8) is 0 Å². The lowest BCUT2D eigenvalue weighted by atomic mass is 10.2. The largest absolute Gasteiger partial charge is 0.384 e. The van der Waals surface area contributed by atoms with Gasteiger partial charge < -0.3 is 15.8 Å². The number of halogens is 1. The van der Waals surface area contributed by atoms with Gasteiger partial charge in [-0.05, 0) is 30.3 Å². The predicted molar refractivity (Wildman–Crippen MR) is 105 cm³/mol. The fraction of sp³-hybridized carbons (Fsp3) is 0.150. The molecule has 142 valence electrons.